The molecule has 7 heteroatoms. The maximum Gasteiger partial charge on any atom is 0.273 e. The van der Waals surface area contributed by atoms with Gasteiger partial charge in [-0.25, -0.2) is 4.98 Å². The van der Waals surface area contributed by atoms with Crippen molar-refractivity contribution in [2.45, 2.75) is 58.6 Å². The van der Waals surface area contributed by atoms with Crippen molar-refractivity contribution in [3.8, 4) is 0 Å². The second-order valence-electron chi connectivity index (χ2n) is 9.01. The molecule has 1 saturated heterocycles. The molecule has 3 aliphatic rings. The highest BCUT2D eigenvalue weighted by Gasteiger charge is 2.68. The molecule has 7 nitrogen and oxygen atoms in total. The number of nitrogens with zero attached hydrogens (tertiary/aromatic N) is 1. The van der Waals surface area contributed by atoms with Gasteiger partial charge in [0.1, 0.15) is 6.26 Å². The summed E-state index contributed by atoms with van der Waals surface area (Å²) in [6.07, 6.45) is 6.81. The minimum Gasteiger partial charge on any atom is -0.451 e. The van der Waals surface area contributed by atoms with E-state index in [0.717, 1.165) is 25.9 Å². The van der Waals surface area contributed by atoms with Gasteiger partial charge in [0.05, 0.1) is 6.10 Å². The Morgan fingerprint density at radius 3 is 2.89 bits per heavy atom. The third-order valence-electron chi connectivity index (χ3n) is 7.35. The SMILES string of the molecule is CC(=O)N[C@@H]1C(C)(C)[C@@H]2C[C@@H]3[C@@H](CCNC(=O)c4cocn4)OCCC31C2. The van der Waals surface area contributed by atoms with E-state index in [-0.39, 0.29) is 34.8 Å². The molecule has 5 atom stereocenters. The number of nitrogens with one attached hydrogen (secondary N) is 2. The highest BCUT2D eigenvalue weighted by atomic mass is 16.5. The van der Waals surface area contributed by atoms with Gasteiger partial charge in [0.25, 0.3) is 5.91 Å². The predicted octanol–water partition coefficient (Wildman–Crippen LogP) is 2.14. The topological polar surface area (TPSA) is 93.5 Å². The monoisotopic (exact) mass is 375 g/mol. The number of oxazole rings is 1. The number of rotatable bonds is 5. The second kappa shape index (κ2) is 6.62. The van der Waals surface area contributed by atoms with Crippen LogP contribution in [-0.2, 0) is 9.53 Å². The lowest BCUT2D eigenvalue weighted by molar-refractivity contribution is -0.135. The lowest BCUT2D eigenvalue weighted by Gasteiger charge is -2.53. The Kier molecular flexibility index (Phi) is 4.53. The maximum atomic E-state index is 12.0. The van der Waals surface area contributed by atoms with Crippen LogP contribution in [0.15, 0.2) is 17.1 Å². The van der Waals surface area contributed by atoms with Crippen LogP contribution < -0.4 is 10.6 Å². The third kappa shape index (κ3) is 2.96. The van der Waals surface area contributed by atoms with E-state index in [2.05, 4.69) is 29.5 Å². The van der Waals surface area contributed by atoms with Gasteiger partial charge in [0, 0.05) is 26.1 Å². The van der Waals surface area contributed by atoms with Gasteiger partial charge < -0.3 is 19.8 Å². The second-order valence-corrected chi connectivity index (χ2v) is 9.01. The molecule has 0 radical (unpaired) electrons. The maximum absolute atomic E-state index is 12.0. The van der Waals surface area contributed by atoms with Crippen molar-refractivity contribution in [1.82, 2.24) is 15.6 Å². The summed E-state index contributed by atoms with van der Waals surface area (Å²) >= 11 is 0. The lowest BCUT2D eigenvalue weighted by atomic mass is 9.59. The number of hydrogen-bond acceptors (Lipinski definition) is 5. The summed E-state index contributed by atoms with van der Waals surface area (Å²) in [4.78, 5) is 27.8. The Morgan fingerprint density at radius 1 is 1.37 bits per heavy atom. The molecule has 1 aliphatic heterocycles. The van der Waals surface area contributed by atoms with Crippen molar-refractivity contribution in [2.24, 2.45) is 22.7 Å². The van der Waals surface area contributed by atoms with E-state index in [0.29, 0.717) is 24.1 Å². The Balaban J connectivity index is 1.43. The van der Waals surface area contributed by atoms with E-state index >= 15 is 0 Å². The molecule has 148 valence electrons. The zero-order chi connectivity index (χ0) is 19.2. The molecule has 0 aromatic carbocycles. The smallest absolute Gasteiger partial charge is 0.273 e. The van der Waals surface area contributed by atoms with Crippen LogP contribution in [0, 0.1) is 22.7 Å². The zero-order valence-corrected chi connectivity index (χ0v) is 16.3. The quantitative estimate of drug-likeness (QED) is 0.822. The molecule has 2 N–H and O–H groups in total. The predicted molar refractivity (Wildman–Crippen MR) is 97.8 cm³/mol. The molecule has 1 aromatic rings. The molecule has 1 unspecified atom stereocenters. The van der Waals surface area contributed by atoms with Crippen LogP contribution in [0.25, 0.3) is 0 Å². The van der Waals surface area contributed by atoms with Crippen LogP contribution >= 0.6 is 0 Å². The summed E-state index contributed by atoms with van der Waals surface area (Å²) in [5.41, 5.74) is 0.535. The van der Waals surface area contributed by atoms with Crippen LogP contribution in [0.3, 0.4) is 0 Å². The van der Waals surface area contributed by atoms with E-state index in [1.807, 2.05) is 0 Å². The molecule has 4 rings (SSSR count). The van der Waals surface area contributed by atoms with Crippen molar-refractivity contribution in [3.63, 3.8) is 0 Å². The Labute approximate surface area is 159 Å². The van der Waals surface area contributed by atoms with Crippen LogP contribution in [0.4, 0.5) is 0 Å². The molecular formula is C20H29N3O4. The number of amides is 2. The molecule has 27 heavy (non-hydrogen) atoms. The van der Waals surface area contributed by atoms with Gasteiger partial charge in [-0.1, -0.05) is 13.8 Å². The molecule has 2 aliphatic carbocycles. The van der Waals surface area contributed by atoms with E-state index in [9.17, 15) is 9.59 Å². The highest BCUT2D eigenvalue weighted by molar-refractivity contribution is 5.91. The number of carbonyl (C=O) groups excluding carboxylic acids is 2. The lowest BCUT2D eigenvalue weighted by Crippen LogP contribution is -2.60. The Morgan fingerprint density at radius 2 is 2.19 bits per heavy atom. The van der Waals surface area contributed by atoms with E-state index in [4.69, 9.17) is 9.15 Å². The van der Waals surface area contributed by atoms with Gasteiger partial charge >= 0.3 is 0 Å². The first-order chi connectivity index (χ1) is 12.8. The van der Waals surface area contributed by atoms with Crippen LogP contribution in [0.2, 0.25) is 0 Å². The van der Waals surface area contributed by atoms with Crippen LogP contribution in [0.1, 0.15) is 56.9 Å². The number of hydrogen-bond donors (Lipinski definition) is 2. The Bertz CT molecular complexity index is 717. The minimum absolute atomic E-state index is 0.0525. The summed E-state index contributed by atoms with van der Waals surface area (Å²) in [6, 6.07) is 0.197. The van der Waals surface area contributed by atoms with Gasteiger partial charge in [0.15, 0.2) is 12.1 Å². The van der Waals surface area contributed by atoms with Gasteiger partial charge in [0.2, 0.25) is 5.91 Å². The van der Waals surface area contributed by atoms with Gasteiger partial charge in [-0.15, -0.1) is 0 Å². The first-order valence-corrected chi connectivity index (χ1v) is 9.89. The zero-order valence-electron chi connectivity index (χ0n) is 16.3. The fourth-order valence-corrected chi connectivity index (χ4v) is 6.14. The van der Waals surface area contributed by atoms with Gasteiger partial charge in [-0.05, 0) is 48.3 Å². The van der Waals surface area contributed by atoms with Crippen molar-refractivity contribution < 1.29 is 18.7 Å². The fourth-order valence-electron chi connectivity index (χ4n) is 6.14. The third-order valence-corrected chi connectivity index (χ3v) is 7.35. The van der Waals surface area contributed by atoms with Crippen molar-refractivity contribution in [2.75, 3.05) is 13.2 Å². The molecular weight excluding hydrogens is 346 g/mol. The standard InChI is InChI=1S/C20H29N3O4/c1-12(24)23-18-19(2,3)13-8-14-16(27-7-5-20(14,18)9-13)4-6-21-17(25)15-10-26-11-22-15/h10-11,13-14,16,18H,4-9H2,1-3H3,(H,21,25)(H,23,24)/t13-,14-,16-,18-,20?/m1/s1. The summed E-state index contributed by atoms with van der Waals surface area (Å²) in [5.74, 6) is 0.870. The van der Waals surface area contributed by atoms with Crippen molar-refractivity contribution in [3.05, 3.63) is 18.4 Å². The fraction of sp³-hybridized carbons (Fsp3) is 0.750. The average molecular weight is 375 g/mol. The number of fused-ring (bicyclic) bond motifs is 1. The number of carbonyl (C=O) groups is 2. The largest absolute Gasteiger partial charge is 0.451 e. The summed E-state index contributed by atoms with van der Waals surface area (Å²) in [5, 5.41) is 6.19. The summed E-state index contributed by atoms with van der Waals surface area (Å²) < 4.78 is 11.0. The minimum atomic E-state index is -0.223. The molecule has 3 fully saturated rings. The first-order valence-electron chi connectivity index (χ1n) is 9.89. The molecule has 2 amide bonds. The number of aromatic nitrogens is 1. The Hall–Kier alpha value is -1.89. The van der Waals surface area contributed by atoms with Crippen molar-refractivity contribution >= 4 is 11.8 Å². The van der Waals surface area contributed by atoms with Crippen molar-refractivity contribution in [1.29, 1.82) is 0 Å². The highest BCUT2D eigenvalue weighted by Crippen LogP contribution is 2.68. The summed E-state index contributed by atoms with van der Waals surface area (Å²) in [7, 11) is 0. The van der Waals surface area contributed by atoms with Crippen LogP contribution in [0.5, 0.6) is 0 Å². The van der Waals surface area contributed by atoms with Crippen LogP contribution in [-0.4, -0.2) is 42.1 Å². The molecule has 2 heterocycles. The van der Waals surface area contributed by atoms with E-state index in [1.54, 1.807) is 6.92 Å². The van der Waals surface area contributed by atoms with E-state index in [1.165, 1.54) is 19.1 Å². The normalized spacial score (nSPS) is 36.3. The molecule has 1 spiro atoms. The van der Waals surface area contributed by atoms with E-state index < -0.39 is 0 Å². The average Bonchev–Trinajstić information content (AvgIpc) is 3.30. The number of ether oxygens (including phenoxy) is 1. The molecule has 2 saturated carbocycles. The summed E-state index contributed by atoms with van der Waals surface area (Å²) in [6.45, 7) is 7.47. The molecule has 1 aromatic heterocycles. The van der Waals surface area contributed by atoms with Gasteiger partial charge in [-0.2, -0.15) is 0 Å². The molecule has 2 bridgehead atoms. The first kappa shape index (κ1) is 18.5. The van der Waals surface area contributed by atoms with Gasteiger partial charge in [-0.3, -0.25) is 9.59 Å².